The van der Waals surface area contributed by atoms with Crippen LogP contribution in [0.2, 0.25) is 5.02 Å². The number of benzene rings is 2. The first-order valence-electron chi connectivity index (χ1n) is 10.9. The van der Waals surface area contributed by atoms with E-state index in [0.717, 1.165) is 55.4 Å². The number of hydrogen-bond donors (Lipinski definition) is 0. The molecule has 2 aliphatic rings. The predicted octanol–water partition coefficient (Wildman–Crippen LogP) is 2.72. The molecule has 0 radical (unpaired) electrons. The second-order valence-corrected chi connectivity index (χ2v) is 8.67. The number of hydrogen-bond acceptors (Lipinski definition) is 5. The Hall–Kier alpha value is -2.41. The fraction of sp³-hybridized carbons (Fsp3) is 0.417. The zero-order valence-electron chi connectivity index (χ0n) is 17.8. The summed E-state index contributed by atoms with van der Waals surface area (Å²) in [6.07, 6.45) is 0.813. The Bertz CT molecular complexity index is 881. The van der Waals surface area contributed by atoms with E-state index in [4.69, 9.17) is 11.6 Å². The second-order valence-electron chi connectivity index (χ2n) is 8.23. The molecule has 7 heteroatoms. The normalized spacial score (nSPS) is 18.6. The Balaban J connectivity index is 1.19. The quantitative estimate of drug-likeness (QED) is 0.619. The SMILES string of the molecule is O=C1CN(Cc2ccccc2)CC(=O)N1CCCN1CCN(c2cccc(Cl)c2)CC1. The molecule has 0 aliphatic carbocycles. The molecule has 0 N–H and O–H groups in total. The van der Waals surface area contributed by atoms with E-state index in [0.29, 0.717) is 26.2 Å². The lowest BCUT2D eigenvalue weighted by atomic mass is 10.2. The van der Waals surface area contributed by atoms with Crippen LogP contribution in [0.25, 0.3) is 0 Å². The zero-order chi connectivity index (χ0) is 21.6. The van der Waals surface area contributed by atoms with Crippen LogP contribution in [-0.2, 0) is 16.1 Å². The molecule has 4 rings (SSSR count). The number of amides is 2. The van der Waals surface area contributed by atoms with Gasteiger partial charge in [0.15, 0.2) is 0 Å². The van der Waals surface area contributed by atoms with Crippen LogP contribution in [0.4, 0.5) is 5.69 Å². The first kappa shape index (κ1) is 21.8. The van der Waals surface area contributed by atoms with Crippen molar-refractivity contribution in [3.8, 4) is 0 Å². The van der Waals surface area contributed by atoms with Gasteiger partial charge in [-0.2, -0.15) is 0 Å². The smallest absolute Gasteiger partial charge is 0.243 e. The van der Waals surface area contributed by atoms with Crippen LogP contribution in [0.1, 0.15) is 12.0 Å². The zero-order valence-corrected chi connectivity index (χ0v) is 18.5. The number of carbonyl (C=O) groups excluding carboxylic acids is 2. The van der Waals surface area contributed by atoms with E-state index in [1.165, 1.54) is 4.90 Å². The first-order valence-corrected chi connectivity index (χ1v) is 11.3. The maximum absolute atomic E-state index is 12.5. The minimum atomic E-state index is -0.0852. The van der Waals surface area contributed by atoms with Crippen LogP contribution in [0, 0.1) is 0 Å². The minimum absolute atomic E-state index is 0.0852. The standard InChI is InChI=1S/C24H29ClN4O2/c25-21-8-4-9-22(16-21)28-14-12-26(13-15-28)10-5-11-29-23(30)18-27(19-24(29)31)17-20-6-2-1-3-7-20/h1-4,6-9,16H,5,10-15,17-19H2. The Morgan fingerprint density at radius 3 is 2.16 bits per heavy atom. The van der Waals surface area contributed by atoms with Gasteiger partial charge in [0.25, 0.3) is 0 Å². The molecule has 2 heterocycles. The number of nitrogens with zero attached hydrogens (tertiary/aromatic N) is 4. The summed E-state index contributed by atoms with van der Waals surface area (Å²) in [6, 6.07) is 17.9. The Labute approximate surface area is 189 Å². The van der Waals surface area contributed by atoms with E-state index < -0.39 is 0 Å². The molecule has 0 aromatic heterocycles. The van der Waals surface area contributed by atoms with Gasteiger partial charge in [-0.15, -0.1) is 0 Å². The lowest BCUT2D eigenvalue weighted by Gasteiger charge is -2.37. The molecule has 2 aromatic rings. The number of halogens is 1. The third kappa shape index (κ3) is 5.85. The highest BCUT2D eigenvalue weighted by Crippen LogP contribution is 2.21. The average Bonchev–Trinajstić information content (AvgIpc) is 2.77. The maximum Gasteiger partial charge on any atom is 0.243 e. The van der Waals surface area contributed by atoms with Gasteiger partial charge < -0.3 is 4.90 Å². The summed E-state index contributed by atoms with van der Waals surface area (Å²) in [6.45, 7) is 6.49. The Morgan fingerprint density at radius 2 is 1.48 bits per heavy atom. The molecule has 0 bridgehead atoms. The molecule has 6 nitrogen and oxygen atoms in total. The summed E-state index contributed by atoms with van der Waals surface area (Å²) in [4.78, 5) is 33.2. The van der Waals surface area contributed by atoms with E-state index >= 15 is 0 Å². The topological polar surface area (TPSA) is 47.1 Å². The van der Waals surface area contributed by atoms with Crippen molar-refractivity contribution in [2.45, 2.75) is 13.0 Å². The van der Waals surface area contributed by atoms with Crippen LogP contribution < -0.4 is 4.90 Å². The largest absolute Gasteiger partial charge is 0.369 e. The van der Waals surface area contributed by atoms with Crippen LogP contribution in [0.3, 0.4) is 0 Å². The summed E-state index contributed by atoms with van der Waals surface area (Å²) >= 11 is 6.11. The van der Waals surface area contributed by atoms with Gasteiger partial charge in [-0.3, -0.25) is 24.3 Å². The van der Waals surface area contributed by atoms with Crippen molar-refractivity contribution >= 4 is 29.1 Å². The molecule has 0 spiro atoms. The monoisotopic (exact) mass is 440 g/mol. The highest BCUT2D eigenvalue weighted by molar-refractivity contribution is 6.30. The summed E-state index contributed by atoms with van der Waals surface area (Å²) in [5.74, 6) is -0.170. The summed E-state index contributed by atoms with van der Waals surface area (Å²) in [7, 11) is 0. The van der Waals surface area contributed by atoms with Crippen molar-refractivity contribution in [2.75, 3.05) is 57.3 Å². The van der Waals surface area contributed by atoms with E-state index in [9.17, 15) is 9.59 Å². The molecular formula is C24H29ClN4O2. The molecule has 2 saturated heterocycles. The van der Waals surface area contributed by atoms with Gasteiger partial charge in [-0.25, -0.2) is 0 Å². The molecule has 2 fully saturated rings. The Morgan fingerprint density at radius 1 is 0.774 bits per heavy atom. The average molecular weight is 441 g/mol. The molecule has 31 heavy (non-hydrogen) atoms. The summed E-state index contributed by atoms with van der Waals surface area (Å²) < 4.78 is 0. The van der Waals surface area contributed by atoms with Crippen LogP contribution in [-0.4, -0.2) is 78.9 Å². The third-order valence-electron chi connectivity index (χ3n) is 5.97. The molecule has 0 unspecified atom stereocenters. The second kappa shape index (κ2) is 10.3. The lowest BCUT2D eigenvalue weighted by Crippen LogP contribution is -2.54. The molecule has 2 amide bonds. The van der Waals surface area contributed by atoms with Crippen molar-refractivity contribution in [3.63, 3.8) is 0 Å². The van der Waals surface area contributed by atoms with Crippen molar-refractivity contribution in [3.05, 3.63) is 65.2 Å². The van der Waals surface area contributed by atoms with E-state index in [2.05, 4.69) is 15.9 Å². The summed E-state index contributed by atoms with van der Waals surface area (Å²) in [5, 5.41) is 0.762. The van der Waals surface area contributed by atoms with Crippen molar-refractivity contribution in [2.24, 2.45) is 0 Å². The Kier molecular flexibility index (Phi) is 7.22. The number of piperazine rings is 2. The molecule has 0 atom stereocenters. The van der Waals surface area contributed by atoms with Crippen LogP contribution in [0.15, 0.2) is 54.6 Å². The predicted molar refractivity (Wildman–Crippen MR) is 123 cm³/mol. The molecule has 164 valence electrons. The minimum Gasteiger partial charge on any atom is -0.369 e. The van der Waals surface area contributed by atoms with Gasteiger partial charge in [0.05, 0.1) is 13.1 Å². The fourth-order valence-electron chi connectivity index (χ4n) is 4.31. The molecule has 2 aliphatic heterocycles. The third-order valence-corrected chi connectivity index (χ3v) is 6.21. The van der Waals surface area contributed by atoms with E-state index in [1.807, 2.05) is 53.4 Å². The van der Waals surface area contributed by atoms with Crippen LogP contribution >= 0.6 is 11.6 Å². The first-order chi connectivity index (χ1) is 15.1. The van der Waals surface area contributed by atoms with Crippen LogP contribution in [0.5, 0.6) is 0 Å². The van der Waals surface area contributed by atoms with Gasteiger partial charge in [-0.1, -0.05) is 48.0 Å². The van der Waals surface area contributed by atoms with E-state index in [-0.39, 0.29) is 11.8 Å². The molecule has 2 aromatic carbocycles. The van der Waals surface area contributed by atoms with Gasteiger partial charge in [-0.05, 0) is 36.7 Å². The van der Waals surface area contributed by atoms with Crippen molar-refractivity contribution in [1.82, 2.24) is 14.7 Å². The fourth-order valence-corrected chi connectivity index (χ4v) is 4.49. The summed E-state index contributed by atoms with van der Waals surface area (Å²) in [5.41, 5.74) is 2.28. The van der Waals surface area contributed by atoms with Gasteiger partial charge in [0.2, 0.25) is 11.8 Å². The van der Waals surface area contributed by atoms with Gasteiger partial charge in [0, 0.05) is 50.0 Å². The van der Waals surface area contributed by atoms with Gasteiger partial charge >= 0.3 is 0 Å². The van der Waals surface area contributed by atoms with Gasteiger partial charge in [0.1, 0.15) is 0 Å². The number of imide groups is 1. The highest BCUT2D eigenvalue weighted by Gasteiger charge is 2.30. The number of rotatable bonds is 7. The van der Waals surface area contributed by atoms with Crippen molar-refractivity contribution in [1.29, 1.82) is 0 Å². The molecular weight excluding hydrogens is 412 g/mol. The maximum atomic E-state index is 12.5. The number of carbonyl (C=O) groups is 2. The van der Waals surface area contributed by atoms with Crippen molar-refractivity contribution < 1.29 is 9.59 Å². The molecule has 0 saturated carbocycles. The highest BCUT2D eigenvalue weighted by atomic mass is 35.5. The number of anilines is 1. The lowest BCUT2D eigenvalue weighted by molar-refractivity contribution is -0.151. The van der Waals surface area contributed by atoms with E-state index in [1.54, 1.807) is 0 Å².